The van der Waals surface area contributed by atoms with Crippen molar-refractivity contribution in [1.82, 2.24) is 9.78 Å². The zero-order valence-electron chi connectivity index (χ0n) is 15.9. The van der Waals surface area contributed by atoms with E-state index in [1.54, 1.807) is 6.07 Å². The number of halogens is 1. The molecule has 3 aromatic rings. The molecule has 3 rings (SSSR count). The van der Waals surface area contributed by atoms with Crippen LogP contribution in [0.3, 0.4) is 0 Å². The first-order valence-corrected chi connectivity index (χ1v) is 8.84. The Bertz CT molecular complexity index is 1120. The van der Waals surface area contributed by atoms with Crippen molar-refractivity contribution in [3.8, 4) is 0 Å². The maximum absolute atomic E-state index is 12.9. The van der Waals surface area contributed by atoms with Crippen molar-refractivity contribution in [3.63, 3.8) is 0 Å². The number of anilines is 2. The molecule has 0 aliphatic rings. The van der Waals surface area contributed by atoms with Crippen molar-refractivity contribution in [2.75, 3.05) is 10.6 Å². The van der Waals surface area contributed by atoms with Gasteiger partial charge in [0.2, 0.25) is 5.91 Å². The van der Waals surface area contributed by atoms with E-state index in [9.17, 15) is 18.8 Å². The van der Waals surface area contributed by atoms with Gasteiger partial charge in [0.1, 0.15) is 18.1 Å². The van der Waals surface area contributed by atoms with Crippen LogP contribution in [-0.2, 0) is 11.3 Å². The van der Waals surface area contributed by atoms with E-state index in [1.807, 2.05) is 26.0 Å². The molecule has 0 spiro atoms. The van der Waals surface area contributed by atoms with Gasteiger partial charge in [-0.05, 0) is 67.4 Å². The number of hydrogen-bond donors (Lipinski definition) is 2. The van der Waals surface area contributed by atoms with Crippen molar-refractivity contribution < 1.29 is 14.0 Å². The first-order chi connectivity index (χ1) is 13.8. The molecule has 148 valence electrons. The van der Waals surface area contributed by atoms with Crippen LogP contribution in [0.5, 0.6) is 0 Å². The van der Waals surface area contributed by atoms with Gasteiger partial charge in [-0.25, -0.2) is 9.07 Å². The van der Waals surface area contributed by atoms with Crippen LogP contribution in [0.4, 0.5) is 15.8 Å². The van der Waals surface area contributed by atoms with Crippen molar-refractivity contribution in [1.29, 1.82) is 0 Å². The van der Waals surface area contributed by atoms with Crippen LogP contribution in [0.1, 0.15) is 21.6 Å². The lowest BCUT2D eigenvalue weighted by molar-refractivity contribution is -0.117. The van der Waals surface area contributed by atoms with Gasteiger partial charge >= 0.3 is 0 Å². The molecule has 0 bridgehead atoms. The van der Waals surface area contributed by atoms with Gasteiger partial charge in [0, 0.05) is 17.4 Å². The van der Waals surface area contributed by atoms with Crippen LogP contribution in [0.15, 0.2) is 59.4 Å². The summed E-state index contributed by atoms with van der Waals surface area (Å²) in [6.07, 6.45) is 0. The Morgan fingerprint density at radius 2 is 1.62 bits per heavy atom. The predicted molar refractivity (Wildman–Crippen MR) is 107 cm³/mol. The van der Waals surface area contributed by atoms with Crippen LogP contribution in [-0.4, -0.2) is 21.6 Å². The zero-order chi connectivity index (χ0) is 21.0. The zero-order valence-corrected chi connectivity index (χ0v) is 15.9. The first kappa shape index (κ1) is 19.9. The van der Waals surface area contributed by atoms with E-state index in [0.29, 0.717) is 11.4 Å². The molecule has 0 atom stereocenters. The molecule has 0 unspecified atom stereocenters. The smallest absolute Gasteiger partial charge is 0.276 e. The Balaban J connectivity index is 1.72. The average molecular weight is 394 g/mol. The Morgan fingerprint density at radius 1 is 0.931 bits per heavy atom. The topological polar surface area (TPSA) is 93.1 Å². The number of aromatic nitrogens is 2. The largest absolute Gasteiger partial charge is 0.324 e. The van der Waals surface area contributed by atoms with E-state index in [-0.39, 0.29) is 12.2 Å². The second kappa shape index (κ2) is 8.47. The van der Waals surface area contributed by atoms with Crippen molar-refractivity contribution >= 4 is 23.2 Å². The molecule has 0 fully saturated rings. The SMILES string of the molecule is Cc1ccc(NC(=O)c2ccc(=O)n(CC(=O)Nc3ccc(F)cc3)n2)cc1C. The summed E-state index contributed by atoms with van der Waals surface area (Å²) in [5.41, 5.74) is 2.58. The highest BCUT2D eigenvalue weighted by Gasteiger charge is 2.13. The van der Waals surface area contributed by atoms with Gasteiger partial charge < -0.3 is 10.6 Å². The highest BCUT2D eigenvalue weighted by molar-refractivity contribution is 6.02. The van der Waals surface area contributed by atoms with Gasteiger partial charge in [0.05, 0.1) is 0 Å². The van der Waals surface area contributed by atoms with Gasteiger partial charge in [0.25, 0.3) is 11.5 Å². The molecule has 0 radical (unpaired) electrons. The fourth-order valence-corrected chi connectivity index (χ4v) is 2.57. The van der Waals surface area contributed by atoms with Crippen LogP contribution >= 0.6 is 0 Å². The molecule has 0 aliphatic carbocycles. The molecule has 2 amide bonds. The van der Waals surface area contributed by atoms with Gasteiger partial charge in [-0.15, -0.1) is 0 Å². The lowest BCUT2D eigenvalue weighted by Gasteiger charge is -2.09. The second-order valence-corrected chi connectivity index (χ2v) is 6.52. The molecular weight excluding hydrogens is 375 g/mol. The number of hydrogen-bond acceptors (Lipinski definition) is 4. The second-order valence-electron chi connectivity index (χ2n) is 6.52. The Morgan fingerprint density at radius 3 is 2.31 bits per heavy atom. The number of nitrogens with one attached hydrogen (secondary N) is 2. The molecule has 0 saturated heterocycles. The minimum absolute atomic E-state index is 0.00240. The van der Waals surface area contributed by atoms with E-state index in [2.05, 4.69) is 15.7 Å². The van der Waals surface area contributed by atoms with E-state index in [4.69, 9.17) is 0 Å². The number of rotatable bonds is 5. The first-order valence-electron chi connectivity index (χ1n) is 8.84. The molecule has 8 heteroatoms. The summed E-state index contributed by atoms with van der Waals surface area (Å²) in [6.45, 7) is 3.51. The molecule has 2 aromatic carbocycles. The molecule has 1 heterocycles. The van der Waals surface area contributed by atoms with Crippen molar-refractivity contribution in [2.24, 2.45) is 0 Å². The molecule has 1 aromatic heterocycles. The highest BCUT2D eigenvalue weighted by Crippen LogP contribution is 2.14. The average Bonchev–Trinajstić information content (AvgIpc) is 2.68. The summed E-state index contributed by atoms with van der Waals surface area (Å²) < 4.78 is 13.8. The van der Waals surface area contributed by atoms with Crippen molar-refractivity contribution in [3.05, 3.63) is 87.6 Å². The van der Waals surface area contributed by atoms with E-state index in [1.165, 1.54) is 36.4 Å². The van der Waals surface area contributed by atoms with Crippen LogP contribution < -0.4 is 16.2 Å². The maximum atomic E-state index is 12.9. The lowest BCUT2D eigenvalue weighted by Crippen LogP contribution is -2.31. The summed E-state index contributed by atoms with van der Waals surface area (Å²) >= 11 is 0. The highest BCUT2D eigenvalue weighted by atomic mass is 19.1. The minimum Gasteiger partial charge on any atom is -0.324 e. The van der Waals surface area contributed by atoms with Gasteiger partial charge in [-0.3, -0.25) is 14.4 Å². The monoisotopic (exact) mass is 394 g/mol. The summed E-state index contributed by atoms with van der Waals surface area (Å²) in [6, 6.07) is 13.2. The minimum atomic E-state index is -0.530. The summed E-state index contributed by atoms with van der Waals surface area (Å²) in [4.78, 5) is 36.6. The number of carbonyl (C=O) groups excluding carboxylic acids is 2. The molecule has 0 aliphatic heterocycles. The standard InChI is InChI=1S/C21H19FN4O3/c1-13-3-6-17(11-14(13)2)24-21(29)18-9-10-20(28)26(25-18)12-19(27)23-16-7-4-15(22)5-8-16/h3-11H,12H2,1-2H3,(H,23,27)(H,24,29). The van der Waals surface area contributed by atoms with Gasteiger partial charge in [-0.1, -0.05) is 6.07 Å². The summed E-state index contributed by atoms with van der Waals surface area (Å²) in [7, 11) is 0. The quantitative estimate of drug-likeness (QED) is 0.696. The lowest BCUT2D eigenvalue weighted by atomic mass is 10.1. The Labute approximate surface area is 166 Å². The van der Waals surface area contributed by atoms with Gasteiger partial charge in [-0.2, -0.15) is 5.10 Å². The van der Waals surface area contributed by atoms with Crippen LogP contribution in [0.2, 0.25) is 0 Å². The third-order valence-corrected chi connectivity index (χ3v) is 4.29. The maximum Gasteiger partial charge on any atom is 0.276 e. The molecule has 0 saturated carbocycles. The molecular formula is C21H19FN4O3. The molecule has 7 nitrogen and oxygen atoms in total. The van der Waals surface area contributed by atoms with E-state index < -0.39 is 23.2 Å². The summed E-state index contributed by atoms with van der Waals surface area (Å²) in [5.74, 6) is -1.46. The van der Waals surface area contributed by atoms with E-state index >= 15 is 0 Å². The summed E-state index contributed by atoms with van der Waals surface area (Å²) in [5, 5.41) is 9.23. The molecule has 2 N–H and O–H groups in total. The molecule has 29 heavy (non-hydrogen) atoms. The number of benzene rings is 2. The number of carbonyl (C=O) groups is 2. The fourth-order valence-electron chi connectivity index (χ4n) is 2.57. The Kier molecular flexibility index (Phi) is 5.82. The van der Waals surface area contributed by atoms with Crippen molar-refractivity contribution in [2.45, 2.75) is 20.4 Å². The normalized spacial score (nSPS) is 10.4. The number of aryl methyl sites for hydroxylation is 2. The number of nitrogens with zero attached hydrogens (tertiary/aromatic N) is 2. The van der Waals surface area contributed by atoms with Crippen LogP contribution in [0.25, 0.3) is 0 Å². The van der Waals surface area contributed by atoms with Gasteiger partial charge in [0.15, 0.2) is 0 Å². The predicted octanol–water partition coefficient (Wildman–Crippen LogP) is 2.89. The Hall–Kier alpha value is -3.81. The van der Waals surface area contributed by atoms with E-state index in [0.717, 1.165) is 15.8 Å². The van der Waals surface area contributed by atoms with Crippen LogP contribution in [0, 0.1) is 19.7 Å². The third kappa shape index (κ3) is 5.13. The third-order valence-electron chi connectivity index (χ3n) is 4.29. The fraction of sp³-hybridized carbons (Fsp3) is 0.143. The number of amides is 2.